The summed E-state index contributed by atoms with van der Waals surface area (Å²) in [5, 5.41) is 0. The number of hydrogen-bond donors (Lipinski definition) is 0. The SMILES string of the molecule is C=Cc1cc(CN2CCC(N(C)C(=O)OC(C)(C)C)CC2)cc(OC(F)(F)F)c1. The quantitative estimate of drug-likeness (QED) is 0.676. The molecule has 29 heavy (non-hydrogen) atoms. The maximum atomic E-state index is 12.6. The number of benzene rings is 1. The number of carbonyl (C=O) groups is 1. The molecule has 0 saturated carbocycles. The third-order valence-corrected chi connectivity index (χ3v) is 4.65. The fraction of sp³-hybridized carbons (Fsp3) is 0.571. The first kappa shape index (κ1) is 23.1. The van der Waals surface area contributed by atoms with Crippen LogP contribution in [0.5, 0.6) is 5.75 Å². The molecule has 1 fully saturated rings. The summed E-state index contributed by atoms with van der Waals surface area (Å²) in [4.78, 5) is 16.0. The van der Waals surface area contributed by atoms with Crippen LogP contribution in [0.25, 0.3) is 6.08 Å². The average Bonchev–Trinajstić information content (AvgIpc) is 2.58. The number of ether oxygens (including phenoxy) is 2. The van der Waals surface area contributed by atoms with Crippen molar-refractivity contribution in [1.29, 1.82) is 0 Å². The van der Waals surface area contributed by atoms with Crippen molar-refractivity contribution in [3.63, 3.8) is 0 Å². The Hall–Kier alpha value is -2.22. The predicted octanol–water partition coefficient (Wildman–Crippen LogP) is 5.06. The van der Waals surface area contributed by atoms with Gasteiger partial charge in [0.2, 0.25) is 0 Å². The maximum absolute atomic E-state index is 12.6. The first-order chi connectivity index (χ1) is 13.4. The van der Waals surface area contributed by atoms with E-state index in [2.05, 4.69) is 16.2 Å². The van der Waals surface area contributed by atoms with Crippen LogP contribution in [0.1, 0.15) is 44.7 Å². The Kier molecular flexibility index (Phi) is 7.21. The molecule has 5 nitrogen and oxygen atoms in total. The molecular weight excluding hydrogens is 385 g/mol. The van der Waals surface area contributed by atoms with Crippen molar-refractivity contribution in [3.05, 3.63) is 35.9 Å². The standard InChI is InChI=1S/C21H29F3N2O3/c1-6-15-11-16(13-18(12-15)28-21(22,23)24)14-26-9-7-17(8-10-26)25(5)19(27)29-20(2,3)4/h6,11-13,17H,1,7-10,14H2,2-5H3. The Bertz CT molecular complexity index is 721. The summed E-state index contributed by atoms with van der Waals surface area (Å²) >= 11 is 0. The predicted molar refractivity (Wildman–Crippen MR) is 106 cm³/mol. The van der Waals surface area contributed by atoms with Gasteiger partial charge in [-0.15, -0.1) is 13.2 Å². The van der Waals surface area contributed by atoms with Crippen molar-refractivity contribution >= 4 is 12.2 Å². The number of rotatable bonds is 5. The third kappa shape index (κ3) is 7.61. The Morgan fingerprint density at radius 3 is 2.38 bits per heavy atom. The van der Waals surface area contributed by atoms with Crippen LogP contribution >= 0.6 is 0 Å². The van der Waals surface area contributed by atoms with E-state index in [1.54, 1.807) is 18.0 Å². The zero-order valence-electron chi connectivity index (χ0n) is 17.4. The molecule has 162 valence electrons. The molecule has 2 rings (SSSR count). The van der Waals surface area contributed by atoms with Crippen LogP contribution in [0.4, 0.5) is 18.0 Å². The van der Waals surface area contributed by atoms with Crippen molar-refractivity contribution in [2.75, 3.05) is 20.1 Å². The number of nitrogens with zero attached hydrogens (tertiary/aromatic N) is 2. The van der Waals surface area contributed by atoms with Gasteiger partial charge in [-0.3, -0.25) is 4.90 Å². The highest BCUT2D eigenvalue weighted by atomic mass is 19.4. The van der Waals surface area contributed by atoms with E-state index in [1.165, 1.54) is 18.2 Å². The lowest BCUT2D eigenvalue weighted by Crippen LogP contribution is -2.46. The Balaban J connectivity index is 1.96. The van der Waals surface area contributed by atoms with E-state index < -0.39 is 12.0 Å². The monoisotopic (exact) mass is 414 g/mol. The number of piperidine rings is 1. The lowest BCUT2D eigenvalue weighted by molar-refractivity contribution is -0.274. The van der Waals surface area contributed by atoms with E-state index in [9.17, 15) is 18.0 Å². The van der Waals surface area contributed by atoms with Crippen molar-refractivity contribution in [2.24, 2.45) is 0 Å². The van der Waals surface area contributed by atoms with Gasteiger partial charge in [0, 0.05) is 32.7 Å². The minimum atomic E-state index is -4.73. The number of amides is 1. The minimum absolute atomic E-state index is 0.0738. The largest absolute Gasteiger partial charge is 0.573 e. The molecule has 1 saturated heterocycles. The fourth-order valence-electron chi connectivity index (χ4n) is 3.29. The van der Waals surface area contributed by atoms with Crippen molar-refractivity contribution in [3.8, 4) is 5.75 Å². The normalized spacial score (nSPS) is 16.4. The number of alkyl halides is 3. The molecule has 0 spiro atoms. The molecule has 0 aliphatic carbocycles. The molecule has 1 heterocycles. The molecule has 0 N–H and O–H groups in total. The molecule has 0 unspecified atom stereocenters. The van der Waals surface area contributed by atoms with E-state index in [0.29, 0.717) is 12.1 Å². The van der Waals surface area contributed by atoms with Gasteiger partial charge in [-0.05, 0) is 56.9 Å². The zero-order valence-corrected chi connectivity index (χ0v) is 17.4. The van der Waals surface area contributed by atoms with Crippen LogP contribution in [0.15, 0.2) is 24.8 Å². The summed E-state index contributed by atoms with van der Waals surface area (Å²) in [6.07, 6.45) is -2.05. The van der Waals surface area contributed by atoms with Gasteiger partial charge in [-0.1, -0.05) is 18.7 Å². The Morgan fingerprint density at radius 2 is 1.86 bits per heavy atom. The molecule has 8 heteroatoms. The fourth-order valence-corrected chi connectivity index (χ4v) is 3.29. The molecule has 0 aromatic heterocycles. The molecule has 1 aromatic carbocycles. The minimum Gasteiger partial charge on any atom is -0.444 e. The molecule has 1 aliphatic rings. The highest BCUT2D eigenvalue weighted by Crippen LogP contribution is 2.27. The van der Waals surface area contributed by atoms with Gasteiger partial charge in [0.25, 0.3) is 0 Å². The number of carbonyl (C=O) groups excluding carboxylic acids is 1. The molecule has 0 bridgehead atoms. The molecule has 0 atom stereocenters. The van der Waals surface area contributed by atoms with Crippen LogP contribution in [-0.2, 0) is 11.3 Å². The van der Waals surface area contributed by atoms with Gasteiger partial charge in [0.05, 0.1) is 0 Å². The number of likely N-dealkylation sites (tertiary alicyclic amines) is 1. The highest BCUT2D eigenvalue weighted by Gasteiger charge is 2.32. The third-order valence-electron chi connectivity index (χ3n) is 4.65. The molecule has 1 aromatic rings. The van der Waals surface area contributed by atoms with E-state index in [0.717, 1.165) is 31.5 Å². The van der Waals surface area contributed by atoms with Gasteiger partial charge in [0.15, 0.2) is 0 Å². The Labute approximate surface area is 170 Å². The molecule has 0 radical (unpaired) electrons. The van der Waals surface area contributed by atoms with Crippen LogP contribution < -0.4 is 4.74 Å². The second-order valence-corrected chi connectivity index (χ2v) is 8.26. The van der Waals surface area contributed by atoms with Gasteiger partial charge < -0.3 is 14.4 Å². The summed E-state index contributed by atoms with van der Waals surface area (Å²) in [7, 11) is 1.74. The maximum Gasteiger partial charge on any atom is 0.573 e. The summed E-state index contributed by atoms with van der Waals surface area (Å²) < 4.78 is 47.1. The van der Waals surface area contributed by atoms with E-state index in [1.807, 2.05) is 20.8 Å². The Morgan fingerprint density at radius 1 is 1.24 bits per heavy atom. The first-order valence-electron chi connectivity index (χ1n) is 9.56. The topological polar surface area (TPSA) is 42.0 Å². The van der Waals surface area contributed by atoms with Gasteiger partial charge in [-0.2, -0.15) is 0 Å². The molecular formula is C21H29F3N2O3. The second kappa shape index (κ2) is 9.07. The van der Waals surface area contributed by atoms with E-state index >= 15 is 0 Å². The smallest absolute Gasteiger partial charge is 0.444 e. The van der Waals surface area contributed by atoms with Crippen molar-refractivity contribution in [2.45, 2.75) is 58.2 Å². The first-order valence-corrected chi connectivity index (χ1v) is 9.56. The van der Waals surface area contributed by atoms with E-state index in [4.69, 9.17) is 4.74 Å². The van der Waals surface area contributed by atoms with Crippen molar-refractivity contribution in [1.82, 2.24) is 9.80 Å². The van der Waals surface area contributed by atoms with Crippen LogP contribution in [-0.4, -0.2) is 54.0 Å². The second-order valence-electron chi connectivity index (χ2n) is 8.26. The molecule has 1 amide bonds. The van der Waals surface area contributed by atoms with Gasteiger partial charge in [-0.25, -0.2) is 4.79 Å². The summed E-state index contributed by atoms with van der Waals surface area (Å²) in [5.74, 6) is -0.246. The summed E-state index contributed by atoms with van der Waals surface area (Å²) in [5.41, 5.74) is 0.750. The van der Waals surface area contributed by atoms with E-state index in [-0.39, 0.29) is 17.9 Å². The summed E-state index contributed by atoms with van der Waals surface area (Å²) in [6.45, 7) is 11.1. The summed E-state index contributed by atoms with van der Waals surface area (Å²) in [6, 6.07) is 4.59. The van der Waals surface area contributed by atoms with Gasteiger partial charge in [0.1, 0.15) is 11.4 Å². The zero-order chi connectivity index (χ0) is 21.8. The van der Waals surface area contributed by atoms with Crippen molar-refractivity contribution < 1.29 is 27.4 Å². The van der Waals surface area contributed by atoms with Gasteiger partial charge >= 0.3 is 12.5 Å². The van der Waals surface area contributed by atoms with Crippen LogP contribution in [0, 0.1) is 0 Å². The van der Waals surface area contributed by atoms with Crippen LogP contribution in [0.2, 0.25) is 0 Å². The molecule has 1 aliphatic heterocycles. The lowest BCUT2D eigenvalue weighted by atomic mass is 10.0. The highest BCUT2D eigenvalue weighted by molar-refractivity contribution is 5.68. The lowest BCUT2D eigenvalue weighted by Gasteiger charge is -2.37. The number of hydrogen-bond acceptors (Lipinski definition) is 4. The van der Waals surface area contributed by atoms with Crippen LogP contribution in [0.3, 0.4) is 0 Å². The number of halogens is 3. The average molecular weight is 414 g/mol.